The average Bonchev–Trinajstić information content (AvgIpc) is 3.25. The van der Waals surface area contributed by atoms with E-state index in [2.05, 4.69) is 17.2 Å². The van der Waals surface area contributed by atoms with E-state index in [1.807, 2.05) is 29.9 Å². The molecular weight excluding hydrogens is 438 g/mol. The van der Waals surface area contributed by atoms with E-state index in [9.17, 15) is 9.59 Å². The summed E-state index contributed by atoms with van der Waals surface area (Å²) in [7, 11) is 1.87. The Hall–Kier alpha value is -3.12. The van der Waals surface area contributed by atoms with Crippen LogP contribution < -0.4 is 10.1 Å². The number of carbonyl (C=O) groups is 2. The Morgan fingerprint density at radius 2 is 1.79 bits per heavy atom. The predicted octanol–water partition coefficient (Wildman–Crippen LogP) is 5.51. The number of hydrogen-bond acceptors (Lipinski definition) is 4. The van der Waals surface area contributed by atoms with Crippen LogP contribution in [0.1, 0.15) is 66.8 Å². The summed E-state index contributed by atoms with van der Waals surface area (Å²) in [5.41, 5.74) is 1.44. The fourth-order valence-electron chi connectivity index (χ4n) is 3.49. The van der Waals surface area contributed by atoms with Gasteiger partial charge in [-0.3, -0.25) is 9.59 Å². The number of rotatable bonds is 12. The molecule has 7 heteroatoms. The third kappa shape index (κ3) is 7.19. The van der Waals surface area contributed by atoms with Crippen molar-refractivity contribution >= 4 is 23.3 Å². The van der Waals surface area contributed by atoms with Crippen LogP contribution in [0.4, 0.5) is 0 Å². The van der Waals surface area contributed by atoms with Crippen molar-refractivity contribution in [2.75, 3.05) is 6.61 Å². The SMILES string of the molecule is CCCCCOc1ccc(C(=O)CCC(=O)NC(c2ccc(Cl)cc2)c2nccn2C)cc1. The maximum atomic E-state index is 12.7. The monoisotopic (exact) mass is 467 g/mol. The molecule has 0 bridgehead atoms. The summed E-state index contributed by atoms with van der Waals surface area (Å²) < 4.78 is 7.55. The Morgan fingerprint density at radius 1 is 1.06 bits per heavy atom. The number of hydrogen-bond donors (Lipinski definition) is 1. The van der Waals surface area contributed by atoms with Gasteiger partial charge in [-0.15, -0.1) is 0 Å². The lowest BCUT2D eigenvalue weighted by atomic mass is 10.0. The molecule has 0 fully saturated rings. The lowest BCUT2D eigenvalue weighted by Crippen LogP contribution is -2.31. The molecule has 1 aromatic heterocycles. The zero-order valence-electron chi connectivity index (χ0n) is 19.1. The second-order valence-electron chi connectivity index (χ2n) is 7.95. The summed E-state index contributed by atoms with van der Waals surface area (Å²) >= 11 is 6.01. The summed E-state index contributed by atoms with van der Waals surface area (Å²) in [6.45, 7) is 2.82. The van der Waals surface area contributed by atoms with Crippen LogP contribution in [-0.4, -0.2) is 27.8 Å². The van der Waals surface area contributed by atoms with E-state index in [1.165, 1.54) is 0 Å². The van der Waals surface area contributed by atoms with Gasteiger partial charge in [0.2, 0.25) is 5.91 Å². The number of nitrogens with zero attached hydrogens (tertiary/aromatic N) is 2. The maximum Gasteiger partial charge on any atom is 0.221 e. The Kier molecular flexibility index (Phi) is 9.07. The highest BCUT2D eigenvalue weighted by Crippen LogP contribution is 2.23. The number of nitrogens with one attached hydrogen (secondary N) is 1. The molecule has 174 valence electrons. The van der Waals surface area contributed by atoms with Crippen LogP contribution in [0.25, 0.3) is 0 Å². The summed E-state index contributed by atoms with van der Waals surface area (Å²) in [6, 6.07) is 13.9. The second kappa shape index (κ2) is 12.2. The number of Topliss-reactive ketones (excluding diaryl/α,β-unsaturated/α-hetero) is 1. The van der Waals surface area contributed by atoms with Crippen molar-refractivity contribution in [1.29, 1.82) is 0 Å². The molecule has 3 rings (SSSR count). The number of halogens is 1. The number of unbranched alkanes of at least 4 members (excludes halogenated alkanes) is 2. The van der Waals surface area contributed by atoms with Crippen molar-refractivity contribution in [3.63, 3.8) is 0 Å². The lowest BCUT2D eigenvalue weighted by Gasteiger charge is -2.19. The van der Waals surface area contributed by atoms with Crippen molar-refractivity contribution in [3.8, 4) is 5.75 Å². The van der Waals surface area contributed by atoms with Crippen molar-refractivity contribution in [1.82, 2.24) is 14.9 Å². The standard InChI is InChI=1S/C26H30ClN3O3/c1-3-4-5-18-33-22-12-8-19(9-13-22)23(31)14-15-24(32)29-25(26-28-16-17-30(26)2)20-6-10-21(27)11-7-20/h6-13,16-17,25H,3-5,14-15,18H2,1-2H3,(H,29,32). The highest BCUT2D eigenvalue weighted by Gasteiger charge is 2.21. The largest absolute Gasteiger partial charge is 0.494 e. The van der Waals surface area contributed by atoms with Crippen LogP contribution in [-0.2, 0) is 11.8 Å². The highest BCUT2D eigenvalue weighted by molar-refractivity contribution is 6.30. The van der Waals surface area contributed by atoms with Crippen molar-refractivity contribution in [2.45, 2.75) is 45.1 Å². The van der Waals surface area contributed by atoms with Gasteiger partial charge in [-0.2, -0.15) is 0 Å². The van der Waals surface area contributed by atoms with Crippen LogP contribution in [0, 0.1) is 0 Å². The molecule has 33 heavy (non-hydrogen) atoms. The van der Waals surface area contributed by atoms with E-state index in [4.69, 9.17) is 16.3 Å². The molecule has 0 radical (unpaired) electrons. The van der Waals surface area contributed by atoms with Gasteiger partial charge < -0.3 is 14.6 Å². The lowest BCUT2D eigenvalue weighted by molar-refractivity contribution is -0.121. The average molecular weight is 468 g/mol. The zero-order chi connectivity index (χ0) is 23.6. The number of aryl methyl sites for hydroxylation is 1. The van der Waals surface area contributed by atoms with E-state index in [1.54, 1.807) is 42.6 Å². The minimum atomic E-state index is -0.436. The molecule has 0 aliphatic rings. The molecule has 0 spiro atoms. The van der Waals surface area contributed by atoms with Crippen molar-refractivity contribution in [3.05, 3.63) is 82.9 Å². The maximum absolute atomic E-state index is 12.7. The fraction of sp³-hybridized carbons (Fsp3) is 0.346. The van der Waals surface area contributed by atoms with Gasteiger partial charge >= 0.3 is 0 Å². The quantitative estimate of drug-likeness (QED) is 0.281. The van der Waals surface area contributed by atoms with Gasteiger partial charge in [-0.1, -0.05) is 43.5 Å². The van der Waals surface area contributed by atoms with Crippen molar-refractivity contribution in [2.24, 2.45) is 7.05 Å². The Labute approximate surface area is 199 Å². The van der Waals surface area contributed by atoms with E-state index in [0.29, 0.717) is 23.0 Å². The number of carbonyl (C=O) groups excluding carboxylic acids is 2. The Balaban J connectivity index is 1.57. The van der Waals surface area contributed by atoms with Crippen LogP contribution in [0.2, 0.25) is 5.02 Å². The molecule has 0 saturated heterocycles. The molecule has 0 aliphatic carbocycles. The molecular formula is C26H30ClN3O3. The van der Waals surface area contributed by atoms with E-state index < -0.39 is 6.04 Å². The highest BCUT2D eigenvalue weighted by atomic mass is 35.5. The summed E-state index contributed by atoms with van der Waals surface area (Å²) in [5.74, 6) is 1.15. The van der Waals surface area contributed by atoms with Crippen LogP contribution in [0.3, 0.4) is 0 Å². The topological polar surface area (TPSA) is 73.2 Å². The summed E-state index contributed by atoms with van der Waals surface area (Å²) in [6.07, 6.45) is 7.01. The number of ether oxygens (including phenoxy) is 1. The van der Waals surface area contributed by atoms with E-state index in [-0.39, 0.29) is 24.5 Å². The summed E-state index contributed by atoms with van der Waals surface area (Å²) in [4.78, 5) is 29.7. The molecule has 1 N–H and O–H groups in total. The molecule has 1 amide bonds. The molecule has 0 saturated carbocycles. The number of amides is 1. The second-order valence-corrected chi connectivity index (χ2v) is 8.39. The summed E-state index contributed by atoms with van der Waals surface area (Å²) in [5, 5.41) is 3.63. The first kappa shape index (κ1) is 24.5. The number of imidazole rings is 1. The molecule has 1 atom stereocenters. The minimum Gasteiger partial charge on any atom is -0.494 e. The van der Waals surface area contributed by atoms with E-state index >= 15 is 0 Å². The van der Waals surface area contributed by atoms with Gasteiger partial charge in [0, 0.05) is 42.9 Å². The van der Waals surface area contributed by atoms with Crippen molar-refractivity contribution < 1.29 is 14.3 Å². The Bertz CT molecular complexity index is 1050. The number of ketones is 1. The fourth-order valence-corrected chi connectivity index (χ4v) is 3.62. The molecule has 6 nitrogen and oxygen atoms in total. The molecule has 3 aromatic rings. The van der Waals surface area contributed by atoms with Gasteiger partial charge in [0.25, 0.3) is 0 Å². The van der Waals surface area contributed by atoms with Gasteiger partial charge in [0.15, 0.2) is 5.78 Å². The van der Waals surface area contributed by atoms with Crippen LogP contribution in [0.5, 0.6) is 5.75 Å². The first-order valence-corrected chi connectivity index (χ1v) is 11.6. The third-order valence-corrected chi connectivity index (χ3v) is 5.65. The van der Waals surface area contributed by atoms with Crippen LogP contribution in [0.15, 0.2) is 60.9 Å². The van der Waals surface area contributed by atoms with Gasteiger partial charge in [-0.05, 0) is 48.4 Å². The van der Waals surface area contributed by atoms with Crippen LogP contribution >= 0.6 is 11.6 Å². The Morgan fingerprint density at radius 3 is 2.42 bits per heavy atom. The number of aromatic nitrogens is 2. The molecule has 0 aliphatic heterocycles. The van der Waals surface area contributed by atoms with E-state index in [0.717, 1.165) is 30.6 Å². The smallest absolute Gasteiger partial charge is 0.221 e. The molecule has 2 aromatic carbocycles. The van der Waals surface area contributed by atoms with Gasteiger partial charge in [0.1, 0.15) is 17.6 Å². The molecule has 1 unspecified atom stereocenters. The first-order chi connectivity index (χ1) is 16.0. The molecule has 1 heterocycles. The first-order valence-electron chi connectivity index (χ1n) is 11.3. The van der Waals surface area contributed by atoms with Gasteiger partial charge in [0.05, 0.1) is 6.61 Å². The normalized spacial score (nSPS) is 11.7. The minimum absolute atomic E-state index is 0.0808. The number of benzene rings is 2. The zero-order valence-corrected chi connectivity index (χ0v) is 19.8. The third-order valence-electron chi connectivity index (χ3n) is 5.40. The van der Waals surface area contributed by atoms with Gasteiger partial charge in [-0.25, -0.2) is 4.98 Å². The predicted molar refractivity (Wildman–Crippen MR) is 130 cm³/mol.